The number of hydrogen-bond donors (Lipinski definition) is 0. The van der Waals surface area contributed by atoms with E-state index in [0.29, 0.717) is 0 Å². The maximum absolute atomic E-state index is 5.22. The fourth-order valence-electron chi connectivity index (χ4n) is 1.21. The molecule has 0 fully saturated rings. The van der Waals surface area contributed by atoms with Crippen LogP contribution in [0.5, 0.6) is 5.75 Å². The third kappa shape index (κ3) is 1.79. The van der Waals surface area contributed by atoms with E-state index in [9.17, 15) is 0 Å². The Morgan fingerprint density at radius 1 is 1.25 bits per heavy atom. The van der Waals surface area contributed by atoms with Crippen molar-refractivity contribution >= 4 is 0 Å². The van der Waals surface area contributed by atoms with E-state index >= 15 is 0 Å². The molecule has 1 heteroatoms. The number of rotatable bonds is 3. The smallest absolute Gasteiger partial charge is 0.130 e. The molecule has 0 saturated carbocycles. The quantitative estimate of drug-likeness (QED) is 0.665. The molecule has 1 nitrogen and oxygen atoms in total. The zero-order valence-electron chi connectivity index (χ0n) is 7.98. The van der Waals surface area contributed by atoms with Gasteiger partial charge in [0.2, 0.25) is 0 Å². The average molecular weight is 163 g/mol. The number of benzene rings is 1. The minimum Gasteiger partial charge on any atom is -0.496 e. The van der Waals surface area contributed by atoms with Crippen molar-refractivity contribution in [3.63, 3.8) is 0 Å². The van der Waals surface area contributed by atoms with E-state index in [1.807, 2.05) is 0 Å². The van der Waals surface area contributed by atoms with Crippen molar-refractivity contribution in [3.05, 3.63) is 29.3 Å². The highest BCUT2D eigenvalue weighted by Crippen LogP contribution is 2.19. The highest BCUT2D eigenvalue weighted by molar-refractivity contribution is 5.36. The Morgan fingerprint density at radius 3 is 2.50 bits per heavy atom. The molecule has 0 amide bonds. The van der Waals surface area contributed by atoms with E-state index in [0.717, 1.165) is 18.6 Å². The Hall–Kier alpha value is -0.980. The standard InChI is InChI=1S/C11H15O/c1-4-9-6-7-10(5-2)11(8-9)12-3/h6-7H,4-5H2,1-3H3. The number of methoxy groups -OCH3 is 1. The topological polar surface area (TPSA) is 9.23 Å². The van der Waals surface area contributed by atoms with Crippen LogP contribution in [0.1, 0.15) is 25.0 Å². The summed E-state index contributed by atoms with van der Waals surface area (Å²) >= 11 is 0. The van der Waals surface area contributed by atoms with E-state index in [1.54, 1.807) is 7.11 Å². The lowest BCUT2D eigenvalue weighted by molar-refractivity contribution is 0.408. The van der Waals surface area contributed by atoms with Crippen molar-refractivity contribution < 1.29 is 4.74 Å². The highest BCUT2D eigenvalue weighted by atomic mass is 16.5. The summed E-state index contributed by atoms with van der Waals surface area (Å²) in [6, 6.07) is 7.47. The highest BCUT2D eigenvalue weighted by Gasteiger charge is 2.01. The van der Waals surface area contributed by atoms with Gasteiger partial charge in [0.15, 0.2) is 0 Å². The van der Waals surface area contributed by atoms with Gasteiger partial charge < -0.3 is 4.74 Å². The molecule has 0 spiro atoms. The molecule has 0 bridgehead atoms. The first kappa shape index (κ1) is 9.11. The van der Waals surface area contributed by atoms with Gasteiger partial charge in [-0.15, -0.1) is 0 Å². The van der Waals surface area contributed by atoms with Gasteiger partial charge in [-0.25, -0.2) is 0 Å². The molecular weight excluding hydrogens is 148 g/mol. The van der Waals surface area contributed by atoms with Gasteiger partial charge in [0.05, 0.1) is 7.11 Å². The van der Waals surface area contributed by atoms with Crippen LogP contribution < -0.4 is 4.74 Å². The van der Waals surface area contributed by atoms with Crippen LogP contribution in [-0.4, -0.2) is 7.11 Å². The van der Waals surface area contributed by atoms with E-state index in [1.165, 1.54) is 11.1 Å². The van der Waals surface area contributed by atoms with Gasteiger partial charge in [-0.05, 0) is 24.0 Å². The molecule has 0 aliphatic heterocycles. The van der Waals surface area contributed by atoms with Crippen LogP contribution in [0.25, 0.3) is 0 Å². The molecule has 0 unspecified atom stereocenters. The molecule has 0 heterocycles. The van der Waals surface area contributed by atoms with Crippen LogP contribution >= 0.6 is 0 Å². The van der Waals surface area contributed by atoms with Crippen LogP contribution in [0.2, 0.25) is 0 Å². The average Bonchev–Trinajstić information content (AvgIpc) is 2.16. The van der Waals surface area contributed by atoms with E-state index in [2.05, 4.69) is 32.0 Å². The van der Waals surface area contributed by atoms with Crippen LogP contribution in [-0.2, 0) is 12.8 Å². The third-order valence-electron chi connectivity index (χ3n) is 2.02. The van der Waals surface area contributed by atoms with Crippen LogP contribution in [0.4, 0.5) is 0 Å². The first-order valence-corrected chi connectivity index (χ1v) is 4.39. The van der Waals surface area contributed by atoms with Gasteiger partial charge in [0.25, 0.3) is 0 Å². The second-order valence-corrected chi connectivity index (χ2v) is 2.75. The fourth-order valence-corrected chi connectivity index (χ4v) is 1.21. The van der Waals surface area contributed by atoms with E-state index in [-0.39, 0.29) is 0 Å². The van der Waals surface area contributed by atoms with E-state index < -0.39 is 0 Å². The van der Waals surface area contributed by atoms with Gasteiger partial charge in [0.1, 0.15) is 5.75 Å². The lowest BCUT2D eigenvalue weighted by Crippen LogP contribution is -1.92. The largest absolute Gasteiger partial charge is 0.496 e. The Labute approximate surface area is 74.4 Å². The summed E-state index contributed by atoms with van der Waals surface area (Å²) in [5.41, 5.74) is 2.44. The minimum absolute atomic E-state index is 0.900. The van der Waals surface area contributed by atoms with Gasteiger partial charge in [-0.1, -0.05) is 26.0 Å². The summed E-state index contributed by atoms with van der Waals surface area (Å²) < 4.78 is 5.22. The van der Waals surface area contributed by atoms with Crippen LogP contribution in [0, 0.1) is 6.07 Å². The van der Waals surface area contributed by atoms with E-state index in [4.69, 9.17) is 4.74 Å². The molecule has 0 atom stereocenters. The summed E-state index contributed by atoms with van der Waals surface area (Å²) in [5.74, 6) is 0.900. The van der Waals surface area contributed by atoms with Crippen molar-refractivity contribution in [1.82, 2.24) is 0 Å². The molecule has 12 heavy (non-hydrogen) atoms. The lowest BCUT2D eigenvalue weighted by atomic mass is 10.1. The molecule has 0 aromatic heterocycles. The summed E-state index contributed by atoms with van der Waals surface area (Å²) in [6.45, 7) is 4.24. The SMILES string of the molecule is CCc1[c]c(OC)c(CC)cc1. The van der Waals surface area contributed by atoms with Gasteiger partial charge >= 0.3 is 0 Å². The lowest BCUT2D eigenvalue weighted by Gasteiger charge is -2.06. The number of aryl methyl sites for hydroxylation is 2. The van der Waals surface area contributed by atoms with Crippen molar-refractivity contribution in [3.8, 4) is 5.75 Å². The molecule has 65 valence electrons. The van der Waals surface area contributed by atoms with Gasteiger partial charge in [0, 0.05) is 6.07 Å². The normalized spacial score (nSPS) is 9.92. The molecule has 0 N–H and O–H groups in total. The maximum Gasteiger partial charge on any atom is 0.130 e. The number of hydrogen-bond acceptors (Lipinski definition) is 1. The first-order valence-electron chi connectivity index (χ1n) is 4.39. The Kier molecular flexibility index (Phi) is 3.15. The summed E-state index contributed by atoms with van der Waals surface area (Å²) in [5, 5.41) is 0. The maximum atomic E-state index is 5.22. The van der Waals surface area contributed by atoms with Gasteiger partial charge in [-0.2, -0.15) is 0 Å². The predicted molar refractivity (Wildman–Crippen MR) is 50.6 cm³/mol. The molecule has 1 rings (SSSR count). The van der Waals surface area contributed by atoms with Crippen molar-refractivity contribution in [2.24, 2.45) is 0 Å². The molecule has 1 aromatic carbocycles. The summed E-state index contributed by atoms with van der Waals surface area (Å²) in [7, 11) is 1.70. The van der Waals surface area contributed by atoms with Crippen LogP contribution in [0.15, 0.2) is 12.1 Å². The summed E-state index contributed by atoms with van der Waals surface area (Å²) in [6.07, 6.45) is 2.02. The number of ether oxygens (including phenoxy) is 1. The second-order valence-electron chi connectivity index (χ2n) is 2.75. The van der Waals surface area contributed by atoms with Gasteiger partial charge in [-0.3, -0.25) is 0 Å². The molecule has 0 aliphatic rings. The summed E-state index contributed by atoms with van der Waals surface area (Å²) in [4.78, 5) is 0. The molecule has 0 aliphatic carbocycles. The molecule has 0 saturated heterocycles. The Morgan fingerprint density at radius 2 is 2.00 bits per heavy atom. The Bertz CT molecular complexity index is 253. The Balaban J connectivity index is 3.02. The first-order chi connectivity index (χ1) is 5.81. The fraction of sp³-hybridized carbons (Fsp3) is 0.455. The molecule has 1 radical (unpaired) electrons. The van der Waals surface area contributed by atoms with Crippen molar-refractivity contribution in [1.29, 1.82) is 0 Å². The zero-order chi connectivity index (χ0) is 8.97. The van der Waals surface area contributed by atoms with Crippen LogP contribution in [0.3, 0.4) is 0 Å². The minimum atomic E-state index is 0.900. The molecular formula is C11H15O. The third-order valence-corrected chi connectivity index (χ3v) is 2.02. The molecule has 1 aromatic rings. The second kappa shape index (κ2) is 4.15. The van der Waals surface area contributed by atoms with Crippen molar-refractivity contribution in [2.75, 3.05) is 7.11 Å². The monoisotopic (exact) mass is 163 g/mol. The zero-order valence-corrected chi connectivity index (χ0v) is 7.98. The van der Waals surface area contributed by atoms with Crippen molar-refractivity contribution in [2.45, 2.75) is 26.7 Å². The predicted octanol–water partition coefficient (Wildman–Crippen LogP) is 2.62.